The van der Waals surface area contributed by atoms with Gasteiger partial charge in [0.15, 0.2) is 15.6 Å². The molecule has 28 heavy (non-hydrogen) atoms. The molecule has 0 radical (unpaired) electrons. The number of carbonyl (C=O) groups is 2. The zero-order valence-electron chi connectivity index (χ0n) is 15.4. The van der Waals surface area contributed by atoms with Gasteiger partial charge in [0.1, 0.15) is 11.3 Å². The third-order valence-electron chi connectivity index (χ3n) is 5.12. The number of carbonyl (C=O) groups excluding carboxylic acids is 2. The van der Waals surface area contributed by atoms with Crippen LogP contribution in [0.4, 0.5) is 0 Å². The maximum Gasteiger partial charge on any atom is 0.201 e. The summed E-state index contributed by atoms with van der Waals surface area (Å²) >= 11 is 12.7. The number of halogens is 2. The molecule has 152 valence electrons. The molecule has 0 bridgehead atoms. The van der Waals surface area contributed by atoms with Gasteiger partial charge in [0.05, 0.1) is 16.5 Å². The molecule has 2 aliphatic rings. The Hall–Kier alpha value is -1.41. The number of Topliss-reactive ketones (excluding diaryl/α,β-unsaturated/α-hetero) is 2. The van der Waals surface area contributed by atoms with E-state index in [-0.39, 0.29) is 52.2 Å². The maximum absolute atomic E-state index is 12.9. The Kier molecular flexibility index (Phi) is 6.20. The maximum atomic E-state index is 12.9. The normalized spacial score (nSPS) is 23.1. The second kappa shape index (κ2) is 8.14. The van der Waals surface area contributed by atoms with Crippen molar-refractivity contribution in [1.82, 2.24) is 4.90 Å². The van der Waals surface area contributed by atoms with Crippen molar-refractivity contribution in [2.75, 3.05) is 24.6 Å². The number of rotatable bonds is 4. The molecule has 1 N–H and O–H groups in total. The van der Waals surface area contributed by atoms with E-state index in [0.717, 1.165) is 0 Å². The summed E-state index contributed by atoms with van der Waals surface area (Å²) in [5.41, 5.74) is 0.401. The van der Waals surface area contributed by atoms with Crippen molar-refractivity contribution in [3.05, 3.63) is 44.6 Å². The van der Waals surface area contributed by atoms with Crippen molar-refractivity contribution in [1.29, 1.82) is 0 Å². The number of nitrogens with zero attached hydrogens (tertiary/aromatic N) is 1. The monoisotopic (exact) mass is 445 g/mol. The summed E-state index contributed by atoms with van der Waals surface area (Å²) in [6, 6.07) is 2.98. The lowest BCUT2D eigenvalue weighted by Gasteiger charge is -2.27. The molecule has 6 nitrogen and oxygen atoms in total. The number of hydrogen-bond donors (Lipinski definition) is 1. The summed E-state index contributed by atoms with van der Waals surface area (Å²) in [6.07, 6.45) is 0.471. The Labute approximate surface area is 174 Å². The SMILES string of the molecule is CC1CC(=O)C(C(=O)c2ccc(Cl)c(CN3CCS(=O)(=O)CC3)c2Cl)=C(O)C1. The van der Waals surface area contributed by atoms with Gasteiger partial charge in [-0.1, -0.05) is 30.1 Å². The van der Waals surface area contributed by atoms with E-state index in [1.807, 2.05) is 11.8 Å². The van der Waals surface area contributed by atoms with E-state index in [9.17, 15) is 23.1 Å². The van der Waals surface area contributed by atoms with Gasteiger partial charge in [-0.25, -0.2) is 8.42 Å². The zero-order valence-corrected chi connectivity index (χ0v) is 17.7. The highest BCUT2D eigenvalue weighted by Gasteiger charge is 2.32. The van der Waals surface area contributed by atoms with Crippen molar-refractivity contribution < 1.29 is 23.1 Å². The fourth-order valence-corrected chi connectivity index (χ4v) is 5.38. The Morgan fingerprint density at radius 3 is 2.46 bits per heavy atom. The fourth-order valence-electron chi connectivity index (χ4n) is 3.53. The van der Waals surface area contributed by atoms with Crippen LogP contribution < -0.4 is 0 Å². The molecule has 1 aliphatic heterocycles. The van der Waals surface area contributed by atoms with E-state index in [2.05, 4.69) is 0 Å². The summed E-state index contributed by atoms with van der Waals surface area (Å²) in [4.78, 5) is 27.1. The van der Waals surface area contributed by atoms with Gasteiger partial charge in [0.2, 0.25) is 5.78 Å². The summed E-state index contributed by atoms with van der Waals surface area (Å²) in [6.45, 7) is 2.84. The lowest BCUT2D eigenvalue weighted by atomic mass is 9.85. The first-order valence-electron chi connectivity index (χ1n) is 8.98. The average Bonchev–Trinajstić information content (AvgIpc) is 2.59. The molecule has 1 unspecified atom stereocenters. The first-order chi connectivity index (χ1) is 13.1. The number of aliphatic hydroxyl groups excluding tert-OH is 1. The fraction of sp³-hybridized carbons (Fsp3) is 0.474. The molecule has 1 aromatic rings. The predicted octanol–water partition coefficient (Wildman–Crippen LogP) is 3.22. The van der Waals surface area contributed by atoms with Gasteiger partial charge in [-0.05, 0) is 18.1 Å². The van der Waals surface area contributed by atoms with Gasteiger partial charge < -0.3 is 5.11 Å². The van der Waals surface area contributed by atoms with Gasteiger partial charge in [-0.15, -0.1) is 0 Å². The third-order valence-corrected chi connectivity index (χ3v) is 7.51. The number of benzene rings is 1. The van der Waals surface area contributed by atoms with Gasteiger partial charge in [-0.2, -0.15) is 0 Å². The second-order valence-corrected chi connectivity index (χ2v) is 10.5. The number of ketones is 2. The lowest BCUT2D eigenvalue weighted by molar-refractivity contribution is -0.116. The van der Waals surface area contributed by atoms with Crippen LogP contribution in [0.1, 0.15) is 35.7 Å². The number of sulfone groups is 1. The minimum Gasteiger partial charge on any atom is -0.511 e. The zero-order chi connectivity index (χ0) is 20.6. The average molecular weight is 446 g/mol. The lowest BCUT2D eigenvalue weighted by Crippen LogP contribution is -2.39. The van der Waals surface area contributed by atoms with Crippen LogP contribution in [0.3, 0.4) is 0 Å². The van der Waals surface area contributed by atoms with Crippen LogP contribution in [0.5, 0.6) is 0 Å². The minimum absolute atomic E-state index is 0.0179. The molecule has 0 spiro atoms. The standard InChI is InChI=1S/C19H21Cl2NO5S/c1-11-8-15(23)17(16(24)9-11)19(25)12-2-3-14(20)13(18(12)21)10-22-4-6-28(26,27)7-5-22/h2-3,11,23H,4-10H2,1H3. The van der Waals surface area contributed by atoms with Crippen LogP contribution in [0, 0.1) is 5.92 Å². The van der Waals surface area contributed by atoms with E-state index < -0.39 is 21.4 Å². The number of aliphatic hydroxyl groups is 1. The van der Waals surface area contributed by atoms with Gasteiger partial charge in [0.25, 0.3) is 0 Å². The Balaban J connectivity index is 1.90. The summed E-state index contributed by atoms with van der Waals surface area (Å²) < 4.78 is 23.2. The van der Waals surface area contributed by atoms with Crippen LogP contribution in [0.25, 0.3) is 0 Å². The summed E-state index contributed by atoms with van der Waals surface area (Å²) in [5, 5.41) is 10.7. The molecule has 3 rings (SSSR count). The van der Waals surface area contributed by atoms with Crippen LogP contribution in [0.15, 0.2) is 23.5 Å². The molecular weight excluding hydrogens is 425 g/mol. The molecule has 1 heterocycles. The quantitative estimate of drug-likeness (QED) is 0.564. The van der Waals surface area contributed by atoms with Gasteiger partial charge >= 0.3 is 0 Å². The Bertz CT molecular complexity index is 957. The molecule has 1 saturated heterocycles. The van der Waals surface area contributed by atoms with Crippen molar-refractivity contribution >= 4 is 44.6 Å². The Morgan fingerprint density at radius 1 is 1.21 bits per heavy atom. The van der Waals surface area contributed by atoms with Crippen molar-refractivity contribution in [3.8, 4) is 0 Å². The van der Waals surface area contributed by atoms with Gasteiger partial charge in [0, 0.05) is 48.6 Å². The van der Waals surface area contributed by atoms with Crippen LogP contribution >= 0.6 is 23.2 Å². The molecule has 1 aliphatic carbocycles. The van der Waals surface area contributed by atoms with Gasteiger partial charge in [-0.3, -0.25) is 14.5 Å². The third kappa shape index (κ3) is 4.43. The molecule has 1 fully saturated rings. The molecule has 0 aromatic heterocycles. The molecular formula is C19H21Cl2NO5S. The largest absolute Gasteiger partial charge is 0.511 e. The second-order valence-electron chi connectivity index (χ2n) is 7.40. The van der Waals surface area contributed by atoms with Crippen LogP contribution in [-0.4, -0.2) is 54.6 Å². The Morgan fingerprint density at radius 2 is 1.86 bits per heavy atom. The summed E-state index contributed by atoms with van der Waals surface area (Å²) in [7, 11) is -3.01. The van der Waals surface area contributed by atoms with Crippen molar-refractivity contribution in [2.45, 2.75) is 26.3 Å². The topological polar surface area (TPSA) is 91.8 Å². The van der Waals surface area contributed by atoms with E-state index in [4.69, 9.17) is 23.2 Å². The first kappa shape index (κ1) is 21.3. The van der Waals surface area contributed by atoms with Crippen molar-refractivity contribution in [3.63, 3.8) is 0 Å². The van der Waals surface area contributed by atoms with E-state index >= 15 is 0 Å². The highest BCUT2D eigenvalue weighted by molar-refractivity contribution is 7.91. The van der Waals surface area contributed by atoms with Crippen LogP contribution in [0.2, 0.25) is 10.0 Å². The molecule has 9 heteroatoms. The van der Waals surface area contributed by atoms with E-state index in [0.29, 0.717) is 30.2 Å². The van der Waals surface area contributed by atoms with E-state index in [1.54, 1.807) is 0 Å². The van der Waals surface area contributed by atoms with Crippen molar-refractivity contribution in [2.24, 2.45) is 5.92 Å². The predicted molar refractivity (Wildman–Crippen MR) is 108 cm³/mol. The molecule has 1 atom stereocenters. The highest BCUT2D eigenvalue weighted by Crippen LogP contribution is 2.34. The summed E-state index contributed by atoms with van der Waals surface area (Å²) in [5.74, 6) is -1.10. The minimum atomic E-state index is -3.01. The number of hydrogen-bond acceptors (Lipinski definition) is 6. The molecule has 0 amide bonds. The van der Waals surface area contributed by atoms with Crippen LogP contribution in [-0.2, 0) is 21.2 Å². The number of allylic oxidation sites excluding steroid dienone is 2. The molecule has 0 saturated carbocycles. The smallest absolute Gasteiger partial charge is 0.201 e. The molecule has 1 aromatic carbocycles. The highest BCUT2D eigenvalue weighted by atomic mass is 35.5. The first-order valence-corrected chi connectivity index (χ1v) is 11.6. The van der Waals surface area contributed by atoms with E-state index in [1.165, 1.54) is 12.1 Å².